The zero-order chi connectivity index (χ0) is 13.7. The van der Waals surface area contributed by atoms with Crippen LogP contribution in [0.5, 0.6) is 5.75 Å². The topological polar surface area (TPSA) is 21.3 Å². The quantitative estimate of drug-likeness (QED) is 0.838. The van der Waals surface area contributed by atoms with Gasteiger partial charge in [-0.15, -0.1) is 0 Å². The number of halogens is 2. The van der Waals surface area contributed by atoms with Gasteiger partial charge in [-0.1, -0.05) is 35.3 Å². The van der Waals surface area contributed by atoms with E-state index in [1.807, 2.05) is 49.4 Å². The fraction of sp³-hybridized carbons (Fsp3) is 0.200. The summed E-state index contributed by atoms with van der Waals surface area (Å²) in [6.07, 6.45) is 0. The molecule has 0 aromatic heterocycles. The molecule has 0 saturated heterocycles. The van der Waals surface area contributed by atoms with Crippen molar-refractivity contribution in [3.05, 3.63) is 58.1 Å². The summed E-state index contributed by atoms with van der Waals surface area (Å²) in [6, 6.07) is 13.3. The van der Waals surface area contributed by atoms with E-state index in [0.717, 1.165) is 22.0 Å². The third-order valence-corrected chi connectivity index (χ3v) is 3.08. The Morgan fingerprint density at radius 1 is 1.05 bits per heavy atom. The maximum atomic E-state index is 6.01. The third-order valence-electron chi connectivity index (χ3n) is 2.61. The van der Waals surface area contributed by atoms with Gasteiger partial charge in [-0.3, -0.25) is 0 Å². The first-order valence-corrected chi connectivity index (χ1v) is 6.85. The Morgan fingerprint density at radius 3 is 2.58 bits per heavy atom. The van der Waals surface area contributed by atoms with Crippen molar-refractivity contribution in [2.75, 3.05) is 11.9 Å². The van der Waals surface area contributed by atoms with Gasteiger partial charge in [0, 0.05) is 16.6 Å². The molecule has 2 aromatic rings. The average molecular weight is 296 g/mol. The standard InChI is InChI=1S/C15H15Cl2NO/c1-2-19-15-7-6-13(17)9-14(15)18-10-11-4-3-5-12(16)8-11/h3-9,18H,2,10H2,1H3. The molecule has 19 heavy (non-hydrogen) atoms. The van der Waals surface area contributed by atoms with Crippen LogP contribution in [0, 0.1) is 0 Å². The van der Waals surface area contributed by atoms with Crippen LogP contribution in [0.4, 0.5) is 5.69 Å². The lowest BCUT2D eigenvalue weighted by molar-refractivity contribution is 0.341. The van der Waals surface area contributed by atoms with Crippen molar-refractivity contribution in [1.29, 1.82) is 0 Å². The third kappa shape index (κ3) is 4.05. The second-order valence-electron chi connectivity index (χ2n) is 4.06. The van der Waals surface area contributed by atoms with E-state index < -0.39 is 0 Å². The molecule has 0 aliphatic rings. The fourth-order valence-corrected chi connectivity index (χ4v) is 2.15. The van der Waals surface area contributed by atoms with Crippen molar-refractivity contribution in [1.82, 2.24) is 0 Å². The number of hydrogen-bond donors (Lipinski definition) is 1. The van der Waals surface area contributed by atoms with Crippen LogP contribution in [-0.2, 0) is 6.54 Å². The second-order valence-corrected chi connectivity index (χ2v) is 4.93. The Balaban J connectivity index is 2.12. The average Bonchev–Trinajstić information content (AvgIpc) is 2.39. The zero-order valence-electron chi connectivity index (χ0n) is 10.6. The molecular formula is C15H15Cl2NO. The minimum atomic E-state index is 0.619. The van der Waals surface area contributed by atoms with E-state index in [-0.39, 0.29) is 0 Å². The summed E-state index contributed by atoms with van der Waals surface area (Å²) in [4.78, 5) is 0. The van der Waals surface area contributed by atoms with E-state index >= 15 is 0 Å². The highest BCUT2D eigenvalue weighted by molar-refractivity contribution is 6.31. The number of ether oxygens (including phenoxy) is 1. The van der Waals surface area contributed by atoms with Crippen molar-refractivity contribution >= 4 is 28.9 Å². The van der Waals surface area contributed by atoms with Gasteiger partial charge in [-0.25, -0.2) is 0 Å². The van der Waals surface area contributed by atoms with Gasteiger partial charge in [-0.2, -0.15) is 0 Å². The van der Waals surface area contributed by atoms with Crippen LogP contribution in [0.15, 0.2) is 42.5 Å². The van der Waals surface area contributed by atoms with Gasteiger partial charge in [-0.05, 0) is 42.8 Å². The molecule has 0 radical (unpaired) electrons. The summed E-state index contributed by atoms with van der Waals surface area (Å²) < 4.78 is 5.56. The van der Waals surface area contributed by atoms with E-state index in [4.69, 9.17) is 27.9 Å². The predicted octanol–water partition coefficient (Wildman–Crippen LogP) is 5.00. The smallest absolute Gasteiger partial charge is 0.142 e. The summed E-state index contributed by atoms with van der Waals surface area (Å²) in [5, 5.41) is 4.72. The van der Waals surface area contributed by atoms with Crippen molar-refractivity contribution < 1.29 is 4.74 Å². The Morgan fingerprint density at radius 2 is 1.84 bits per heavy atom. The minimum Gasteiger partial charge on any atom is -0.492 e. The molecule has 0 bridgehead atoms. The number of nitrogens with one attached hydrogen (secondary N) is 1. The molecule has 0 saturated carbocycles. The van der Waals surface area contributed by atoms with Crippen LogP contribution in [-0.4, -0.2) is 6.61 Å². The molecule has 0 aliphatic carbocycles. The van der Waals surface area contributed by atoms with Gasteiger partial charge in [0.2, 0.25) is 0 Å². The van der Waals surface area contributed by atoms with Crippen LogP contribution in [0.25, 0.3) is 0 Å². The molecule has 0 fully saturated rings. The summed E-state index contributed by atoms with van der Waals surface area (Å²) in [6.45, 7) is 3.24. The Kier molecular flexibility index (Phi) is 4.94. The lowest BCUT2D eigenvalue weighted by atomic mass is 10.2. The van der Waals surface area contributed by atoms with Gasteiger partial charge < -0.3 is 10.1 Å². The molecule has 4 heteroatoms. The molecule has 0 unspecified atom stereocenters. The van der Waals surface area contributed by atoms with Gasteiger partial charge in [0.05, 0.1) is 12.3 Å². The van der Waals surface area contributed by atoms with Gasteiger partial charge in [0.25, 0.3) is 0 Å². The SMILES string of the molecule is CCOc1ccc(Cl)cc1NCc1cccc(Cl)c1. The normalized spacial score (nSPS) is 10.3. The summed E-state index contributed by atoms with van der Waals surface area (Å²) in [7, 11) is 0. The number of anilines is 1. The van der Waals surface area contributed by atoms with Crippen molar-refractivity contribution in [2.24, 2.45) is 0 Å². The first-order chi connectivity index (χ1) is 9.19. The van der Waals surface area contributed by atoms with Crippen LogP contribution in [0.3, 0.4) is 0 Å². The molecule has 0 heterocycles. The van der Waals surface area contributed by atoms with E-state index in [9.17, 15) is 0 Å². The van der Waals surface area contributed by atoms with Crippen molar-refractivity contribution in [2.45, 2.75) is 13.5 Å². The molecule has 100 valence electrons. The Hall–Kier alpha value is -1.38. The maximum Gasteiger partial charge on any atom is 0.142 e. The molecular weight excluding hydrogens is 281 g/mol. The largest absolute Gasteiger partial charge is 0.492 e. The van der Waals surface area contributed by atoms with E-state index in [1.54, 1.807) is 0 Å². The highest BCUT2D eigenvalue weighted by atomic mass is 35.5. The molecule has 2 nitrogen and oxygen atoms in total. The van der Waals surface area contributed by atoms with Crippen LogP contribution >= 0.6 is 23.2 Å². The lowest BCUT2D eigenvalue weighted by Crippen LogP contribution is -2.02. The van der Waals surface area contributed by atoms with Gasteiger partial charge >= 0.3 is 0 Å². The highest BCUT2D eigenvalue weighted by Gasteiger charge is 2.04. The van der Waals surface area contributed by atoms with E-state index in [0.29, 0.717) is 18.2 Å². The molecule has 0 aliphatic heterocycles. The summed E-state index contributed by atoms with van der Waals surface area (Å²) in [5.41, 5.74) is 1.99. The van der Waals surface area contributed by atoms with E-state index in [1.165, 1.54) is 0 Å². The fourth-order valence-electron chi connectivity index (χ4n) is 1.77. The van der Waals surface area contributed by atoms with Crippen LogP contribution in [0.1, 0.15) is 12.5 Å². The van der Waals surface area contributed by atoms with Crippen molar-refractivity contribution in [3.8, 4) is 5.75 Å². The monoisotopic (exact) mass is 295 g/mol. The van der Waals surface area contributed by atoms with Crippen LogP contribution < -0.4 is 10.1 Å². The molecule has 2 rings (SSSR count). The number of hydrogen-bond acceptors (Lipinski definition) is 2. The lowest BCUT2D eigenvalue weighted by Gasteiger charge is -2.13. The Bertz CT molecular complexity index is 558. The highest BCUT2D eigenvalue weighted by Crippen LogP contribution is 2.28. The van der Waals surface area contributed by atoms with E-state index in [2.05, 4.69) is 5.32 Å². The number of benzene rings is 2. The minimum absolute atomic E-state index is 0.619. The number of rotatable bonds is 5. The molecule has 0 amide bonds. The molecule has 2 aromatic carbocycles. The Labute approximate surface area is 123 Å². The second kappa shape index (κ2) is 6.69. The van der Waals surface area contributed by atoms with Crippen molar-refractivity contribution in [3.63, 3.8) is 0 Å². The predicted molar refractivity (Wildman–Crippen MR) is 81.4 cm³/mol. The summed E-state index contributed by atoms with van der Waals surface area (Å²) >= 11 is 12.0. The van der Waals surface area contributed by atoms with Gasteiger partial charge in [0.1, 0.15) is 5.75 Å². The maximum absolute atomic E-state index is 6.01. The first kappa shape index (κ1) is 14.0. The first-order valence-electron chi connectivity index (χ1n) is 6.09. The molecule has 1 N–H and O–H groups in total. The van der Waals surface area contributed by atoms with Crippen LogP contribution in [0.2, 0.25) is 10.0 Å². The molecule has 0 atom stereocenters. The molecule has 0 spiro atoms. The summed E-state index contributed by atoms with van der Waals surface area (Å²) in [5.74, 6) is 0.800. The zero-order valence-corrected chi connectivity index (χ0v) is 12.1. The van der Waals surface area contributed by atoms with Gasteiger partial charge in [0.15, 0.2) is 0 Å².